The highest BCUT2D eigenvalue weighted by Crippen LogP contribution is 2.29. The average molecular weight is 427 g/mol. The lowest BCUT2D eigenvalue weighted by Crippen LogP contribution is -2.62. The summed E-state index contributed by atoms with van der Waals surface area (Å²) in [5, 5.41) is 0.411. The Morgan fingerprint density at radius 3 is 2.68 bits per heavy atom. The maximum atomic E-state index is 13.7. The van der Waals surface area contributed by atoms with Crippen molar-refractivity contribution in [2.45, 2.75) is 12.2 Å². The van der Waals surface area contributed by atoms with Gasteiger partial charge in [-0.1, -0.05) is 23.2 Å². The number of aromatic nitrogens is 3. The summed E-state index contributed by atoms with van der Waals surface area (Å²) < 4.78 is 29.1. The van der Waals surface area contributed by atoms with Crippen LogP contribution in [0.3, 0.4) is 0 Å². The van der Waals surface area contributed by atoms with Gasteiger partial charge < -0.3 is 13.9 Å². The number of amides is 1. The molecule has 1 aliphatic heterocycles. The summed E-state index contributed by atoms with van der Waals surface area (Å²) in [7, 11) is 0. The molecule has 0 radical (unpaired) electrons. The van der Waals surface area contributed by atoms with Crippen LogP contribution in [0.1, 0.15) is 0 Å². The molecule has 0 unspecified atom stereocenters. The fourth-order valence-electron chi connectivity index (χ4n) is 3.22. The van der Waals surface area contributed by atoms with Gasteiger partial charge in [0.05, 0.1) is 18.1 Å². The molecule has 1 amide bonds. The van der Waals surface area contributed by atoms with E-state index in [4.69, 9.17) is 23.2 Å². The van der Waals surface area contributed by atoms with Crippen LogP contribution in [0.25, 0.3) is 16.6 Å². The largest absolute Gasteiger partial charge is 0.334 e. The van der Waals surface area contributed by atoms with Crippen molar-refractivity contribution >= 4 is 34.6 Å². The molecule has 0 aliphatic carbocycles. The fourth-order valence-corrected chi connectivity index (χ4v) is 3.49. The van der Waals surface area contributed by atoms with Crippen molar-refractivity contribution in [2.24, 2.45) is 0 Å². The predicted molar refractivity (Wildman–Crippen MR) is 101 cm³/mol. The predicted octanol–water partition coefficient (Wildman–Crippen LogP) is 2.99. The monoisotopic (exact) mass is 426 g/mol. The molecule has 3 aromatic rings. The highest BCUT2D eigenvalue weighted by Gasteiger charge is 2.45. The molecule has 4 rings (SSSR count). The quantitative estimate of drug-likeness (QED) is 0.602. The normalized spacial score (nSPS) is 15.6. The van der Waals surface area contributed by atoms with Gasteiger partial charge in [-0.25, -0.2) is 13.8 Å². The Morgan fingerprint density at radius 1 is 1.25 bits per heavy atom. The fraction of sp³-hybridized carbons (Fsp3) is 0.278. The third-order valence-corrected chi connectivity index (χ3v) is 5.43. The Bertz CT molecular complexity index is 1140. The zero-order valence-electron chi connectivity index (χ0n) is 14.4. The van der Waals surface area contributed by atoms with E-state index in [0.717, 1.165) is 0 Å². The number of halogens is 4. The number of pyridine rings is 1. The molecule has 28 heavy (non-hydrogen) atoms. The van der Waals surface area contributed by atoms with Crippen LogP contribution in [0.5, 0.6) is 0 Å². The first-order valence-corrected chi connectivity index (χ1v) is 9.11. The van der Waals surface area contributed by atoms with E-state index in [1.165, 1.54) is 21.9 Å². The van der Waals surface area contributed by atoms with Crippen molar-refractivity contribution in [3.63, 3.8) is 0 Å². The second kappa shape index (κ2) is 6.86. The van der Waals surface area contributed by atoms with Crippen LogP contribution in [-0.4, -0.2) is 50.2 Å². The van der Waals surface area contributed by atoms with Gasteiger partial charge in [0.1, 0.15) is 23.9 Å². The number of carbonyl (C=O) groups is 1. The lowest BCUT2D eigenvalue weighted by atomic mass is 9.98. The Kier molecular flexibility index (Phi) is 4.63. The van der Waals surface area contributed by atoms with Crippen molar-refractivity contribution in [1.29, 1.82) is 0 Å². The van der Waals surface area contributed by atoms with Crippen LogP contribution < -0.4 is 5.56 Å². The first kappa shape index (κ1) is 18.9. The Morgan fingerprint density at radius 2 is 2.00 bits per heavy atom. The summed E-state index contributed by atoms with van der Waals surface area (Å²) in [4.78, 5) is 30.4. The summed E-state index contributed by atoms with van der Waals surface area (Å²) in [6.45, 7) is -1.99. The lowest BCUT2D eigenvalue weighted by molar-refractivity contribution is -0.147. The van der Waals surface area contributed by atoms with Crippen LogP contribution >= 0.6 is 23.2 Å². The maximum absolute atomic E-state index is 13.7. The minimum atomic E-state index is -1.97. The van der Waals surface area contributed by atoms with Crippen molar-refractivity contribution in [3.8, 4) is 11.1 Å². The van der Waals surface area contributed by atoms with E-state index < -0.39 is 23.8 Å². The van der Waals surface area contributed by atoms with Gasteiger partial charge in [0, 0.05) is 35.9 Å². The van der Waals surface area contributed by atoms with Gasteiger partial charge in [-0.15, -0.1) is 0 Å². The van der Waals surface area contributed by atoms with Gasteiger partial charge in [0.2, 0.25) is 5.91 Å². The highest BCUT2D eigenvalue weighted by molar-refractivity contribution is 6.41. The molecular weight excluding hydrogens is 413 g/mol. The standard InChI is InChI=1S/C18H14Cl2F2N4O2/c19-13-5-11(6-23-16(13)20)12-1-2-24-3-4-25(17(28)15(12)24)7-14(27)26-9-18(22,8-21)10-26/h1-6H,7-10H2. The summed E-state index contributed by atoms with van der Waals surface area (Å²) in [5.74, 6) is -0.447. The number of nitrogens with zero attached hydrogens (tertiary/aromatic N) is 4. The number of alkyl halides is 2. The smallest absolute Gasteiger partial charge is 0.275 e. The van der Waals surface area contributed by atoms with Gasteiger partial charge in [0.25, 0.3) is 5.56 Å². The summed E-state index contributed by atoms with van der Waals surface area (Å²) in [6.07, 6.45) is 6.32. The van der Waals surface area contributed by atoms with Crippen molar-refractivity contribution < 1.29 is 13.6 Å². The molecule has 6 nitrogen and oxygen atoms in total. The Balaban J connectivity index is 1.66. The number of hydrogen-bond donors (Lipinski definition) is 0. The minimum Gasteiger partial charge on any atom is -0.334 e. The highest BCUT2D eigenvalue weighted by atomic mass is 35.5. The molecule has 146 valence electrons. The second-order valence-electron chi connectivity index (χ2n) is 6.75. The van der Waals surface area contributed by atoms with E-state index in [1.54, 1.807) is 28.9 Å². The number of likely N-dealkylation sites (tertiary alicyclic amines) is 1. The van der Waals surface area contributed by atoms with Crippen LogP contribution in [0.4, 0.5) is 8.78 Å². The van der Waals surface area contributed by atoms with Crippen LogP contribution in [0.15, 0.2) is 41.7 Å². The van der Waals surface area contributed by atoms with E-state index in [0.29, 0.717) is 16.6 Å². The zero-order valence-corrected chi connectivity index (χ0v) is 15.9. The van der Waals surface area contributed by atoms with Crippen LogP contribution in [-0.2, 0) is 11.3 Å². The molecular formula is C18H14Cl2F2N4O2. The number of fused-ring (bicyclic) bond motifs is 1. The Labute approximate surface area is 167 Å². The van der Waals surface area contributed by atoms with Crippen molar-refractivity contribution in [2.75, 3.05) is 19.8 Å². The second-order valence-corrected chi connectivity index (χ2v) is 7.51. The molecule has 0 atom stereocenters. The summed E-state index contributed by atoms with van der Waals surface area (Å²) >= 11 is 11.9. The van der Waals surface area contributed by atoms with E-state index >= 15 is 0 Å². The summed E-state index contributed by atoms with van der Waals surface area (Å²) in [6, 6.07) is 3.34. The number of rotatable bonds is 4. The molecule has 1 fully saturated rings. The van der Waals surface area contributed by atoms with E-state index in [2.05, 4.69) is 4.98 Å². The van der Waals surface area contributed by atoms with E-state index in [-0.39, 0.29) is 29.8 Å². The van der Waals surface area contributed by atoms with Gasteiger partial charge in [0.15, 0.2) is 5.67 Å². The van der Waals surface area contributed by atoms with Gasteiger partial charge >= 0.3 is 0 Å². The average Bonchev–Trinajstić information content (AvgIpc) is 3.08. The lowest BCUT2D eigenvalue weighted by Gasteiger charge is -2.42. The van der Waals surface area contributed by atoms with Crippen molar-refractivity contribution in [3.05, 3.63) is 57.4 Å². The Hall–Kier alpha value is -2.45. The molecule has 4 heterocycles. The zero-order chi connectivity index (χ0) is 20.1. The molecule has 0 bridgehead atoms. The molecule has 3 aromatic heterocycles. The van der Waals surface area contributed by atoms with E-state index in [1.807, 2.05) is 0 Å². The molecule has 0 spiro atoms. The van der Waals surface area contributed by atoms with E-state index in [9.17, 15) is 18.4 Å². The molecule has 1 aliphatic rings. The topological polar surface area (TPSA) is 59.6 Å². The molecule has 0 N–H and O–H groups in total. The molecule has 1 saturated heterocycles. The summed E-state index contributed by atoms with van der Waals surface area (Å²) in [5.41, 5.74) is -0.852. The van der Waals surface area contributed by atoms with Gasteiger partial charge in [-0.3, -0.25) is 9.59 Å². The van der Waals surface area contributed by atoms with Crippen molar-refractivity contribution in [1.82, 2.24) is 18.9 Å². The number of hydrogen-bond acceptors (Lipinski definition) is 3. The first-order valence-electron chi connectivity index (χ1n) is 8.35. The maximum Gasteiger partial charge on any atom is 0.275 e. The minimum absolute atomic E-state index is 0.156. The van der Waals surface area contributed by atoms with Crippen LogP contribution in [0.2, 0.25) is 10.2 Å². The first-order chi connectivity index (χ1) is 13.3. The third kappa shape index (κ3) is 3.16. The van der Waals surface area contributed by atoms with Gasteiger partial charge in [-0.05, 0) is 12.1 Å². The molecule has 10 heteroatoms. The molecule has 0 saturated carbocycles. The van der Waals surface area contributed by atoms with Gasteiger partial charge in [-0.2, -0.15) is 0 Å². The van der Waals surface area contributed by atoms with Crippen LogP contribution in [0, 0.1) is 0 Å². The number of carbonyl (C=O) groups excluding carboxylic acids is 1. The molecule has 0 aromatic carbocycles. The third-order valence-electron chi connectivity index (χ3n) is 4.74. The SMILES string of the molecule is O=C(Cn1ccn2ccc(-c3cnc(Cl)c(Cl)c3)c2c1=O)N1CC(F)(CF)C1.